The second-order valence-corrected chi connectivity index (χ2v) is 12.2. The fraction of sp³-hybridized carbons (Fsp3) is 0.939. The lowest BCUT2D eigenvalue weighted by Crippen LogP contribution is -2.69. The van der Waals surface area contributed by atoms with Crippen LogP contribution >= 0.6 is 0 Å². The minimum Gasteiger partial charge on any atom is -0.394 e. The van der Waals surface area contributed by atoms with E-state index in [1.54, 1.807) is 11.9 Å². The molecule has 1 aliphatic rings. The van der Waals surface area contributed by atoms with Crippen molar-refractivity contribution >= 4 is 11.8 Å². The van der Waals surface area contributed by atoms with Gasteiger partial charge in [0.2, 0.25) is 11.8 Å². The molecule has 5 N–H and O–H groups in total. The van der Waals surface area contributed by atoms with Crippen molar-refractivity contribution in [3.05, 3.63) is 0 Å². The third-order valence-corrected chi connectivity index (χ3v) is 8.44. The Balaban J connectivity index is 2.78. The maximum atomic E-state index is 13.6. The molecule has 1 saturated heterocycles. The minimum atomic E-state index is -1.38. The molecule has 0 aromatic carbocycles. The Morgan fingerprint density at radius 1 is 0.714 bits per heavy atom. The molecule has 42 heavy (non-hydrogen) atoms. The van der Waals surface area contributed by atoms with Gasteiger partial charge in [-0.15, -0.1) is 0 Å². The molecule has 9 heteroatoms. The van der Waals surface area contributed by atoms with E-state index in [1.165, 1.54) is 83.5 Å². The topological polar surface area (TPSA) is 131 Å². The van der Waals surface area contributed by atoms with Crippen molar-refractivity contribution in [3.8, 4) is 0 Å². The average Bonchev–Trinajstić information content (AvgIpc) is 2.98. The van der Waals surface area contributed by atoms with Gasteiger partial charge in [-0.3, -0.25) is 9.59 Å². The molecule has 0 unspecified atom stereocenters. The van der Waals surface area contributed by atoms with Crippen LogP contribution < -0.4 is 10.6 Å². The standard InChI is InChI=1S/C33H65N3O6/c1-4-6-8-10-12-14-16-18-20-22-24-36(29(39)23-21-19-17-15-13-11-9-7-5-2)33-30(35-28(38)25-34-3)32(41)31(40)27(26-37)42-33/h27,30-34,37,40-41H,4-26H2,1-3H3,(H,35,38)/t27-,30-,31-,32-,33-/m1/s1. The summed E-state index contributed by atoms with van der Waals surface area (Å²) in [4.78, 5) is 27.7. The second kappa shape index (κ2) is 25.1. The molecule has 0 aromatic heterocycles. The van der Waals surface area contributed by atoms with Crippen LogP contribution in [0.15, 0.2) is 0 Å². The van der Waals surface area contributed by atoms with Gasteiger partial charge in [0, 0.05) is 13.0 Å². The summed E-state index contributed by atoms with van der Waals surface area (Å²) in [6.45, 7) is 4.43. The Bertz CT molecular complexity index is 682. The van der Waals surface area contributed by atoms with Crippen molar-refractivity contribution in [3.63, 3.8) is 0 Å². The lowest BCUT2D eigenvalue weighted by atomic mass is 9.94. The first-order chi connectivity index (χ1) is 20.4. The summed E-state index contributed by atoms with van der Waals surface area (Å²) >= 11 is 0. The zero-order chi connectivity index (χ0) is 31.0. The zero-order valence-electron chi connectivity index (χ0n) is 27.2. The van der Waals surface area contributed by atoms with Gasteiger partial charge in [0.25, 0.3) is 0 Å². The van der Waals surface area contributed by atoms with Crippen molar-refractivity contribution in [2.75, 3.05) is 26.7 Å². The highest BCUT2D eigenvalue weighted by atomic mass is 16.5. The summed E-state index contributed by atoms with van der Waals surface area (Å²) in [5, 5.41) is 36.9. The first-order valence-corrected chi connectivity index (χ1v) is 17.3. The molecule has 0 saturated carbocycles. The van der Waals surface area contributed by atoms with E-state index < -0.39 is 37.2 Å². The molecule has 5 atom stereocenters. The molecule has 0 spiro atoms. The number of aliphatic hydroxyl groups is 3. The molecule has 1 fully saturated rings. The maximum absolute atomic E-state index is 13.6. The number of hydrogen-bond acceptors (Lipinski definition) is 7. The summed E-state index contributed by atoms with van der Waals surface area (Å²) in [7, 11) is 1.65. The molecule has 0 bridgehead atoms. The molecule has 1 rings (SSSR count). The fourth-order valence-corrected chi connectivity index (χ4v) is 5.81. The number of rotatable bonds is 26. The number of unbranched alkanes of at least 4 members (excludes halogenated alkanes) is 17. The van der Waals surface area contributed by atoms with Gasteiger partial charge in [-0.1, -0.05) is 123 Å². The summed E-state index contributed by atoms with van der Waals surface area (Å²) in [5.74, 6) is -0.443. The van der Waals surface area contributed by atoms with Gasteiger partial charge in [-0.25, -0.2) is 0 Å². The number of ether oxygens (including phenoxy) is 1. The molecular weight excluding hydrogens is 534 g/mol. The molecule has 0 aromatic rings. The summed E-state index contributed by atoms with van der Waals surface area (Å²) < 4.78 is 6.04. The lowest BCUT2D eigenvalue weighted by Gasteiger charge is -2.47. The molecule has 1 heterocycles. The number of amides is 2. The van der Waals surface area contributed by atoms with Crippen LogP contribution in [0.1, 0.15) is 142 Å². The third kappa shape index (κ3) is 16.0. The van der Waals surface area contributed by atoms with Crippen molar-refractivity contribution in [1.29, 1.82) is 0 Å². The monoisotopic (exact) mass is 599 g/mol. The lowest BCUT2D eigenvalue weighted by molar-refractivity contribution is -0.231. The SMILES string of the molecule is CCCCCCCCCCCCN(C(=O)CCCCCCCCCCC)[C@@H]1O[C@H](CO)[C@@H](O)[C@H](O)[C@H]1NC(=O)CNC. The van der Waals surface area contributed by atoms with Crippen LogP contribution in [-0.2, 0) is 14.3 Å². The predicted octanol–water partition coefficient (Wildman–Crippen LogP) is 4.80. The fourth-order valence-electron chi connectivity index (χ4n) is 5.81. The number of hydrogen-bond donors (Lipinski definition) is 5. The van der Waals surface area contributed by atoms with Crippen molar-refractivity contribution in [2.45, 2.75) is 173 Å². The van der Waals surface area contributed by atoms with E-state index in [1.807, 2.05) is 0 Å². The number of nitrogens with one attached hydrogen (secondary N) is 2. The van der Waals surface area contributed by atoms with Gasteiger partial charge in [0.15, 0.2) is 6.23 Å². The Kier molecular flexibility index (Phi) is 23.2. The van der Waals surface area contributed by atoms with Crippen LogP contribution in [0.2, 0.25) is 0 Å². The van der Waals surface area contributed by atoms with Gasteiger partial charge in [-0.2, -0.15) is 0 Å². The van der Waals surface area contributed by atoms with Crippen LogP contribution in [0.25, 0.3) is 0 Å². The maximum Gasteiger partial charge on any atom is 0.234 e. The normalized spacial score (nSPS) is 22.3. The van der Waals surface area contributed by atoms with Gasteiger partial charge in [-0.05, 0) is 19.9 Å². The van der Waals surface area contributed by atoms with Crippen LogP contribution in [0, 0.1) is 0 Å². The highest BCUT2D eigenvalue weighted by Crippen LogP contribution is 2.26. The van der Waals surface area contributed by atoms with E-state index in [4.69, 9.17) is 4.74 Å². The Hall–Kier alpha value is -1.26. The molecule has 1 aliphatic heterocycles. The van der Waals surface area contributed by atoms with Gasteiger partial charge < -0.3 is 35.6 Å². The Morgan fingerprint density at radius 2 is 1.19 bits per heavy atom. The van der Waals surface area contributed by atoms with Crippen LogP contribution in [0.3, 0.4) is 0 Å². The molecular formula is C33H65N3O6. The first kappa shape index (κ1) is 38.8. The highest BCUT2D eigenvalue weighted by Gasteiger charge is 2.48. The van der Waals surface area contributed by atoms with Crippen molar-refractivity contribution in [1.82, 2.24) is 15.5 Å². The van der Waals surface area contributed by atoms with E-state index in [-0.39, 0.29) is 18.4 Å². The van der Waals surface area contributed by atoms with E-state index in [9.17, 15) is 24.9 Å². The second-order valence-electron chi connectivity index (χ2n) is 12.2. The summed E-state index contributed by atoms with van der Waals surface area (Å²) in [6.07, 6.45) is 17.8. The minimum absolute atomic E-state index is 0.0281. The Morgan fingerprint density at radius 3 is 1.67 bits per heavy atom. The van der Waals surface area contributed by atoms with E-state index in [0.29, 0.717) is 13.0 Å². The quantitative estimate of drug-likeness (QED) is 0.0903. The van der Waals surface area contributed by atoms with E-state index in [0.717, 1.165) is 38.5 Å². The zero-order valence-corrected chi connectivity index (χ0v) is 27.2. The average molecular weight is 600 g/mol. The number of nitrogens with zero attached hydrogens (tertiary/aromatic N) is 1. The smallest absolute Gasteiger partial charge is 0.234 e. The van der Waals surface area contributed by atoms with E-state index in [2.05, 4.69) is 24.5 Å². The summed E-state index contributed by atoms with van der Waals surface area (Å²) in [6, 6.07) is -1.00. The highest BCUT2D eigenvalue weighted by molar-refractivity contribution is 5.79. The molecule has 248 valence electrons. The first-order valence-electron chi connectivity index (χ1n) is 17.3. The number of aliphatic hydroxyl groups excluding tert-OH is 3. The molecule has 0 aliphatic carbocycles. The van der Waals surface area contributed by atoms with Crippen LogP contribution in [0.4, 0.5) is 0 Å². The number of carbonyl (C=O) groups excluding carboxylic acids is 2. The van der Waals surface area contributed by atoms with E-state index >= 15 is 0 Å². The van der Waals surface area contributed by atoms with Gasteiger partial charge in [0.1, 0.15) is 24.4 Å². The third-order valence-electron chi connectivity index (χ3n) is 8.44. The van der Waals surface area contributed by atoms with Crippen molar-refractivity contribution < 1.29 is 29.6 Å². The molecule has 9 nitrogen and oxygen atoms in total. The molecule has 2 amide bonds. The number of likely N-dealkylation sites (N-methyl/N-ethyl adjacent to an activating group) is 1. The molecule has 0 radical (unpaired) electrons. The predicted molar refractivity (Wildman–Crippen MR) is 169 cm³/mol. The Labute approximate surface area is 256 Å². The number of carbonyl (C=O) groups is 2. The van der Waals surface area contributed by atoms with Gasteiger partial charge in [0.05, 0.1) is 13.2 Å². The van der Waals surface area contributed by atoms with Crippen LogP contribution in [0.5, 0.6) is 0 Å². The van der Waals surface area contributed by atoms with Crippen LogP contribution in [-0.4, -0.2) is 89.4 Å². The van der Waals surface area contributed by atoms with Crippen molar-refractivity contribution in [2.24, 2.45) is 0 Å². The van der Waals surface area contributed by atoms with Gasteiger partial charge >= 0.3 is 0 Å². The largest absolute Gasteiger partial charge is 0.394 e. The summed E-state index contributed by atoms with van der Waals surface area (Å²) in [5.41, 5.74) is 0.